The highest BCUT2D eigenvalue weighted by Gasteiger charge is 2.08. The van der Waals surface area contributed by atoms with E-state index < -0.39 is 5.91 Å². The zero-order valence-corrected chi connectivity index (χ0v) is 11.9. The zero-order valence-electron chi connectivity index (χ0n) is 9.37. The average Bonchev–Trinajstić information content (AvgIpc) is 2.39. The predicted octanol–water partition coefficient (Wildman–Crippen LogP) is 3.87. The number of primary amides is 1. The largest absolute Gasteiger partial charge is 0.366 e. The Morgan fingerprint density at radius 3 is 2.39 bits per heavy atom. The van der Waals surface area contributed by atoms with Gasteiger partial charge in [-0.3, -0.25) is 4.79 Å². The second-order valence-electron chi connectivity index (χ2n) is 3.53. The maximum absolute atomic E-state index is 11.2. The number of amides is 1. The summed E-state index contributed by atoms with van der Waals surface area (Å²) in [5, 5.41) is 0. The molecule has 0 aliphatic carbocycles. The lowest BCUT2D eigenvalue weighted by Crippen LogP contribution is -2.10. The SMILES string of the molecule is NC(=O)c1ccc(SS)c(Sc2ccccc2)c1. The van der Waals surface area contributed by atoms with E-state index in [0.717, 1.165) is 14.7 Å². The van der Waals surface area contributed by atoms with E-state index >= 15 is 0 Å². The van der Waals surface area contributed by atoms with Gasteiger partial charge < -0.3 is 5.73 Å². The van der Waals surface area contributed by atoms with E-state index in [1.54, 1.807) is 23.9 Å². The van der Waals surface area contributed by atoms with Crippen LogP contribution in [0.25, 0.3) is 0 Å². The standard InChI is InChI=1S/C13H11NOS3/c14-13(15)9-6-7-11(18-16)12(8-9)17-10-4-2-1-3-5-10/h1-8,16H,(H2,14,15). The van der Waals surface area contributed by atoms with Gasteiger partial charge >= 0.3 is 0 Å². The first-order valence-corrected chi connectivity index (χ1v) is 7.87. The fourth-order valence-electron chi connectivity index (χ4n) is 1.43. The highest BCUT2D eigenvalue weighted by atomic mass is 33.1. The van der Waals surface area contributed by atoms with Crippen LogP contribution in [0.3, 0.4) is 0 Å². The minimum absolute atomic E-state index is 0.416. The summed E-state index contributed by atoms with van der Waals surface area (Å²) in [6.45, 7) is 0. The number of hydrogen-bond donors (Lipinski definition) is 2. The van der Waals surface area contributed by atoms with Gasteiger partial charge in [-0.15, -0.1) is 11.7 Å². The quantitative estimate of drug-likeness (QED) is 0.664. The first-order valence-electron chi connectivity index (χ1n) is 5.19. The molecule has 0 heterocycles. The first kappa shape index (κ1) is 13.4. The number of thiol groups is 1. The van der Waals surface area contributed by atoms with Crippen molar-refractivity contribution in [3.05, 3.63) is 54.1 Å². The molecule has 2 nitrogen and oxygen atoms in total. The molecule has 0 radical (unpaired) electrons. The van der Waals surface area contributed by atoms with E-state index in [1.807, 2.05) is 36.4 Å². The van der Waals surface area contributed by atoms with Gasteiger partial charge in [0, 0.05) is 20.2 Å². The summed E-state index contributed by atoms with van der Waals surface area (Å²) < 4.78 is 0. The van der Waals surface area contributed by atoms with Crippen molar-refractivity contribution in [1.29, 1.82) is 0 Å². The van der Waals surface area contributed by atoms with Gasteiger partial charge in [0.05, 0.1) is 0 Å². The predicted molar refractivity (Wildman–Crippen MR) is 80.4 cm³/mol. The van der Waals surface area contributed by atoms with Gasteiger partial charge in [-0.1, -0.05) is 40.8 Å². The van der Waals surface area contributed by atoms with E-state index in [9.17, 15) is 4.79 Å². The van der Waals surface area contributed by atoms with Crippen LogP contribution in [-0.4, -0.2) is 5.91 Å². The van der Waals surface area contributed by atoms with Crippen molar-refractivity contribution in [2.75, 3.05) is 0 Å². The molecule has 2 aromatic carbocycles. The van der Waals surface area contributed by atoms with Gasteiger partial charge in [0.1, 0.15) is 0 Å². The van der Waals surface area contributed by atoms with Crippen molar-refractivity contribution < 1.29 is 4.79 Å². The van der Waals surface area contributed by atoms with Crippen molar-refractivity contribution in [3.63, 3.8) is 0 Å². The summed E-state index contributed by atoms with van der Waals surface area (Å²) in [5.41, 5.74) is 5.81. The maximum atomic E-state index is 11.2. The van der Waals surface area contributed by atoms with Crippen LogP contribution in [0.2, 0.25) is 0 Å². The molecule has 5 heteroatoms. The van der Waals surface area contributed by atoms with E-state index in [1.165, 1.54) is 10.8 Å². The molecule has 2 aromatic rings. The smallest absolute Gasteiger partial charge is 0.248 e. The summed E-state index contributed by atoms with van der Waals surface area (Å²) in [7, 11) is 1.36. The Bertz CT molecular complexity index is 557. The van der Waals surface area contributed by atoms with Crippen LogP contribution < -0.4 is 5.73 Å². The molecule has 92 valence electrons. The molecule has 0 spiro atoms. The van der Waals surface area contributed by atoms with Crippen LogP contribution >= 0.6 is 34.2 Å². The lowest BCUT2D eigenvalue weighted by Gasteiger charge is -2.08. The normalized spacial score (nSPS) is 10.3. The van der Waals surface area contributed by atoms with E-state index in [-0.39, 0.29) is 0 Å². The Morgan fingerprint density at radius 2 is 1.78 bits per heavy atom. The maximum Gasteiger partial charge on any atom is 0.248 e. The Hall–Kier alpha value is -1.04. The average molecular weight is 293 g/mol. The number of benzene rings is 2. The fraction of sp³-hybridized carbons (Fsp3) is 0. The van der Waals surface area contributed by atoms with E-state index in [4.69, 9.17) is 5.73 Å². The molecule has 0 saturated heterocycles. The summed E-state index contributed by atoms with van der Waals surface area (Å²) >= 11 is 5.81. The second-order valence-corrected chi connectivity index (χ2v) is 5.82. The third kappa shape index (κ3) is 3.25. The fourth-order valence-corrected chi connectivity index (χ4v) is 3.52. The van der Waals surface area contributed by atoms with Gasteiger partial charge in [-0.2, -0.15) is 0 Å². The Kier molecular flexibility index (Phi) is 4.63. The molecular formula is C13H11NOS3. The number of rotatable bonds is 4. The molecule has 0 aromatic heterocycles. The Labute approximate surface area is 119 Å². The zero-order chi connectivity index (χ0) is 13.0. The van der Waals surface area contributed by atoms with E-state index in [0.29, 0.717) is 5.56 Å². The molecule has 0 atom stereocenters. The van der Waals surface area contributed by atoms with Crippen molar-refractivity contribution in [1.82, 2.24) is 0 Å². The number of carbonyl (C=O) groups excluding carboxylic acids is 1. The van der Waals surface area contributed by atoms with Crippen LogP contribution in [0.4, 0.5) is 0 Å². The van der Waals surface area contributed by atoms with Crippen LogP contribution in [0, 0.1) is 0 Å². The van der Waals surface area contributed by atoms with Crippen LogP contribution in [0.15, 0.2) is 63.2 Å². The minimum atomic E-state index is -0.416. The first-order chi connectivity index (χ1) is 8.70. The second kappa shape index (κ2) is 6.22. The van der Waals surface area contributed by atoms with Crippen molar-refractivity contribution in [2.45, 2.75) is 14.7 Å². The topological polar surface area (TPSA) is 43.1 Å². The number of nitrogens with two attached hydrogens (primary N) is 1. The molecule has 1 amide bonds. The molecule has 0 fully saturated rings. The highest BCUT2D eigenvalue weighted by molar-refractivity contribution is 8.68. The Balaban J connectivity index is 2.35. The molecule has 0 unspecified atom stereocenters. The summed E-state index contributed by atoms with van der Waals surface area (Å²) in [5.74, 6) is -0.416. The molecule has 2 rings (SSSR count). The molecule has 0 bridgehead atoms. The molecular weight excluding hydrogens is 282 g/mol. The monoisotopic (exact) mass is 293 g/mol. The third-order valence-corrected chi connectivity index (χ3v) is 4.64. The summed E-state index contributed by atoms with van der Waals surface area (Å²) in [6, 6.07) is 15.4. The van der Waals surface area contributed by atoms with Crippen LogP contribution in [0.1, 0.15) is 10.4 Å². The molecule has 0 aliphatic heterocycles. The minimum Gasteiger partial charge on any atom is -0.366 e. The lowest BCUT2D eigenvalue weighted by molar-refractivity contribution is 0.1000. The van der Waals surface area contributed by atoms with Gasteiger partial charge in [-0.25, -0.2) is 0 Å². The van der Waals surface area contributed by atoms with Gasteiger partial charge in [0.15, 0.2) is 0 Å². The van der Waals surface area contributed by atoms with Crippen LogP contribution in [0.5, 0.6) is 0 Å². The summed E-state index contributed by atoms with van der Waals surface area (Å²) in [6.07, 6.45) is 0. The summed E-state index contributed by atoms with van der Waals surface area (Å²) in [4.78, 5) is 14.3. The van der Waals surface area contributed by atoms with Crippen molar-refractivity contribution >= 4 is 40.1 Å². The van der Waals surface area contributed by atoms with Crippen molar-refractivity contribution in [2.24, 2.45) is 5.73 Å². The van der Waals surface area contributed by atoms with Crippen molar-refractivity contribution in [3.8, 4) is 0 Å². The lowest BCUT2D eigenvalue weighted by atomic mass is 10.2. The van der Waals surface area contributed by atoms with Gasteiger partial charge in [0.2, 0.25) is 5.91 Å². The Morgan fingerprint density at radius 1 is 1.06 bits per heavy atom. The molecule has 2 N–H and O–H groups in total. The van der Waals surface area contributed by atoms with Gasteiger partial charge in [0.25, 0.3) is 0 Å². The number of carbonyl (C=O) groups is 1. The molecule has 18 heavy (non-hydrogen) atoms. The molecule has 0 aliphatic rings. The van der Waals surface area contributed by atoms with E-state index in [2.05, 4.69) is 11.7 Å². The van der Waals surface area contributed by atoms with Crippen LogP contribution in [-0.2, 0) is 0 Å². The van der Waals surface area contributed by atoms with Gasteiger partial charge in [-0.05, 0) is 30.3 Å². The number of hydrogen-bond acceptors (Lipinski definition) is 4. The highest BCUT2D eigenvalue weighted by Crippen LogP contribution is 2.37. The third-order valence-electron chi connectivity index (χ3n) is 2.30. The molecule has 0 saturated carbocycles.